The zero-order valence-corrected chi connectivity index (χ0v) is 6.69. The van der Waals surface area contributed by atoms with Crippen molar-refractivity contribution in [3.05, 3.63) is 40.4 Å². The second-order valence-corrected chi connectivity index (χ2v) is 3.73. The lowest BCUT2D eigenvalue weighted by atomic mass is 10.4. The van der Waals surface area contributed by atoms with Crippen LogP contribution in [0.3, 0.4) is 0 Å². The number of rotatable bonds is 2. The summed E-state index contributed by atoms with van der Waals surface area (Å²) in [6.45, 7) is 0. The van der Waals surface area contributed by atoms with Gasteiger partial charge < -0.3 is 0 Å². The summed E-state index contributed by atoms with van der Waals surface area (Å²) >= 11 is 0. The molecule has 5 nitrogen and oxygen atoms in total. The second kappa shape index (κ2) is 2.90. The lowest BCUT2D eigenvalue weighted by Crippen LogP contribution is -2.12. The molecule has 0 heterocycles. The van der Waals surface area contributed by atoms with E-state index in [1.54, 1.807) is 6.07 Å². The van der Waals surface area contributed by atoms with Crippen molar-refractivity contribution < 1.29 is 12.7 Å². The third-order valence-electron chi connectivity index (χ3n) is 1.24. The van der Waals surface area contributed by atoms with Crippen molar-refractivity contribution in [2.45, 2.75) is 4.90 Å². The highest BCUT2D eigenvalue weighted by Crippen LogP contribution is 2.09. The lowest BCUT2D eigenvalue weighted by molar-refractivity contribution is -0.305. The Bertz CT molecular complexity index is 383. The van der Waals surface area contributed by atoms with Crippen LogP contribution in [0, 0.1) is 10.1 Å². The molecule has 0 fully saturated rings. The first-order valence-electron chi connectivity index (χ1n) is 3.00. The molecule has 0 saturated heterocycles. The van der Waals surface area contributed by atoms with E-state index >= 15 is 0 Å². The zero-order valence-electron chi connectivity index (χ0n) is 5.88. The van der Waals surface area contributed by atoms with Gasteiger partial charge in [-0.2, -0.15) is 8.42 Å². The average molecular weight is 187 g/mol. The number of benzene rings is 1. The molecule has 0 radical (unpaired) electrons. The van der Waals surface area contributed by atoms with Gasteiger partial charge in [-0.25, -0.2) is 10.1 Å². The highest BCUT2D eigenvalue weighted by atomic mass is 32.2. The van der Waals surface area contributed by atoms with Crippen LogP contribution in [-0.2, 0) is 10.0 Å². The predicted molar refractivity (Wildman–Crippen MR) is 40.6 cm³/mol. The van der Waals surface area contributed by atoms with Gasteiger partial charge in [-0.1, -0.05) is 18.2 Å². The van der Waals surface area contributed by atoms with E-state index in [1.165, 1.54) is 24.3 Å². The van der Waals surface area contributed by atoms with Crippen LogP contribution >= 0.6 is 0 Å². The topological polar surface area (TPSA) is 77.3 Å². The maximum atomic E-state index is 10.8. The van der Waals surface area contributed by atoms with Gasteiger partial charge in [0.15, 0.2) is 4.33 Å². The summed E-state index contributed by atoms with van der Waals surface area (Å²) in [7, 11) is -4.35. The Morgan fingerprint density at radius 1 is 1.17 bits per heavy atom. The van der Waals surface area contributed by atoms with Gasteiger partial charge >= 0.3 is 10.0 Å². The summed E-state index contributed by atoms with van der Waals surface area (Å²) < 4.78 is 20.4. The summed E-state index contributed by atoms with van der Waals surface area (Å²) in [6.07, 6.45) is 0. The highest BCUT2D eigenvalue weighted by Gasteiger charge is 2.25. The van der Waals surface area contributed by atoms with Gasteiger partial charge in [-0.15, -0.1) is 0 Å². The normalized spacial score (nSPS) is 11.0. The first-order valence-corrected chi connectivity index (χ1v) is 4.44. The average Bonchev–Trinajstić information content (AvgIpc) is 2.06. The summed E-state index contributed by atoms with van der Waals surface area (Å²) in [4.78, 5) is 9.74. The third kappa shape index (κ3) is 1.42. The molecule has 1 aromatic carbocycles. The molecule has 0 aliphatic heterocycles. The minimum atomic E-state index is -4.35. The van der Waals surface area contributed by atoms with Gasteiger partial charge in [0.2, 0.25) is 0 Å². The molecule has 0 aromatic heterocycles. The molecule has 0 N–H and O–H groups in total. The second-order valence-electron chi connectivity index (χ2n) is 2.01. The maximum Gasteiger partial charge on any atom is 0.448 e. The molecule has 0 atom stereocenters. The Morgan fingerprint density at radius 2 is 1.67 bits per heavy atom. The molecule has 0 saturated carbocycles. The molecule has 0 aliphatic rings. The molecule has 0 bridgehead atoms. The first kappa shape index (κ1) is 8.66. The van der Waals surface area contributed by atoms with Crippen molar-refractivity contribution in [2.24, 2.45) is 0 Å². The largest absolute Gasteiger partial charge is 0.448 e. The molecule has 0 aliphatic carbocycles. The molecule has 0 spiro atoms. The van der Waals surface area contributed by atoms with E-state index in [1.807, 2.05) is 0 Å². The fourth-order valence-corrected chi connectivity index (χ4v) is 1.35. The number of nitrogens with zero attached hydrogens (tertiary/aromatic N) is 1. The van der Waals surface area contributed by atoms with Crippen molar-refractivity contribution in [2.75, 3.05) is 0 Å². The minimum Gasteiger partial charge on any atom is -0.247 e. The van der Waals surface area contributed by atoms with Crippen LogP contribution < -0.4 is 0 Å². The van der Waals surface area contributed by atoms with E-state index in [9.17, 15) is 18.5 Å². The summed E-state index contributed by atoms with van der Waals surface area (Å²) in [5, 5.41) is 10.0. The van der Waals surface area contributed by atoms with Gasteiger partial charge in [-0.05, 0) is 12.1 Å². The van der Waals surface area contributed by atoms with Crippen LogP contribution in [0.5, 0.6) is 0 Å². The Hall–Kier alpha value is -1.43. The standard InChI is InChI=1S/C6H5NO4S/c8-7(9)12(10,11)6-4-2-1-3-5-6/h1-5H. The smallest absolute Gasteiger partial charge is 0.247 e. The molecule has 12 heavy (non-hydrogen) atoms. The fourth-order valence-electron chi connectivity index (χ4n) is 0.679. The summed E-state index contributed by atoms with van der Waals surface area (Å²) in [5.41, 5.74) is 0. The van der Waals surface area contributed by atoms with Crippen molar-refractivity contribution in [3.63, 3.8) is 0 Å². The van der Waals surface area contributed by atoms with E-state index in [-0.39, 0.29) is 4.90 Å². The molecular formula is C6H5NO4S. The third-order valence-corrected chi connectivity index (χ3v) is 2.50. The summed E-state index contributed by atoms with van der Waals surface area (Å²) in [5.74, 6) is 0. The SMILES string of the molecule is O=[N+]([O-])S(=O)(=O)c1ccccc1. The zero-order chi connectivity index (χ0) is 9.19. The molecule has 6 heteroatoms. The fraction of sp³-hybridized carbons (Fsp3) is 0. The van der Waals surface area contributed by atoms with Crippen LogP contribution in [0.2, 0.25) is 0 Å². The Balaban J connectivity index is 3.26. The van der Waals surface area contributed by atoms with Crippen molar-refractivity contribution in [1.82, 2.24) is 0 Å². The number of sulfonamides is 1. The number of hydrogen-bond donors (Lipinski definition) is 0. The van der Waals surface area contributed by atoms with Gasteiger partial charge in [0.25, 0.3) is 0 Å². The van der Waals surface area contributed by atoms with E-state index in [0.29, 0.717) is 0 Å². The summed E-state index contributed by atoms with van der Waals surface area (Å²) in [6, 6.07) is 6.79. The lowest BCUT2D eigenvalue weighted by Gasteiger charge is -1.92. The molecule has 0 amide bonds. The van der Waals surface area contributed by atoms with Crippen molar-refractivity contribution in [1.29, 1.82) is 0 Å². The van der Waals surface area contributed by atoms with Crippen LogP contribution in [0.15, 0.2) is 35.2 Å². The predicted octanol–water partition coefficient (Wildman–Crippen LogP) is 0.652. The van der Waals surface area contributed by atoms with Crippen LogP contribution in [-0.4, -0.2) is 12.7 Å². The maximum absolute atomic E-state index is 10.8. The quantitative estimate of drug-likeness (QED) is 0.503. The van der Waals surface area contributed by atoms with Crippen molar-refractivity contribution >= 4 is 10.0 Å². The van der Waals surface area contributed by atoms with E-state index in [2.05, 4.69) is 0 Å². The molecule has 64 valence electrons. The number of nitro groups is 1. The molecule has 1 aromatic rings. The van der Waals surface area contributed by atoms with Crippen LogP contribution in [0.25, 0.3) is 0 Å². The Kier molecular flexibility index (Phi) is 2.09. The monoisotopic (exact) mass is 187 g/mol. The molecular weight excluding hydrogens is 182 g/mol. The van der Waals surface area contributed by atoms with Gasteiger partial charge in [0, 0.05) is 0 Å². The van der Waals surface area contributed by atoms with E-state index in [0.717, 1.165) is 0 Å². The molecule has 0 unspecified atom stereocenters. The first-order chi connectivity index (χ1) is 5.55. The van der Waals surface area contributed by atoms with Gasteiger partial charge in [0.1, 0.15) is 4.90 Å². The number of hydrogen-bond acceptors (Lipinski definition) is 4. The van der Waals surface area contributed by atoms with Crippen LogP contribution in [0.1, 0.15) is 0 Å². The van der Waals surface area contributed by atoms with E-state index in [4.69, 9.17) is 0 Å². The molecule has 1 rings (SSSR count). The van der Waals surface area contributed by atoms with Gasteiger partial charge in [-0.3, -0.25) is 0 Å². The van der Waals surface area contributed by atoms with Crippen molar-refractivity contribution in [3.8, 4) is 0 Å². The van der Waals surface area contributed by atoms with Crippen LogP contribution in [0.4, 0.5) is 0 Å². The van der Waals surface area contributed by atoms with E-state index < -0.39 is 14.4 Å². The highest BCUT2D eigenvalue weighted by molar-refractivity contribution is 7.85. The Labute approximate surface area is 68.8 Å². The minimum absolute atomic E-state index is 0.296. The Morgan fingerprint density at radius 3 is 2.08 bits per heavy atom. The van der Waals surface area contributed by atoms with Gasteiger partial charge in [0.05, 0.1) is 0 Å².